The van der Waals surface area contributed by atoms with Crippen molar-refractivity contribution in [3.05, 3.63) is 258 Å². The lowest BCUT2D eigenvalue weighted by Crippen LogP contribution is -2.40. The van der Waals surface area contributed by atoms with Crippen molar-refractivity contribution < 1.29 is 0 Å². The third-order valence-electron chi connectivity index (χ3n) is 14.1. The first-order valence-corrected chi connectivity index (χ1v) is 24.1. The maximum atomic E-state index is 2.60. The molecule has 1 aliphatic heterocycles. The zero-order valence-electron chi connectivity index (χ0n) is 38.2. The summed E-state index contributed by atoms with van der Waals surface area (Å²) in [6, 6.07) is 54.1. The van der Waals surface area contributed by atoms with Gasteiger partial charge in [0.05, 0.1) is 28.5 Å². The number of nitrogens with zero attached hydrogens (tertiary/aromatic N) is 3. The molecule has 0 saturated carbocycles. The molecule has 0 N–H and O–H groups in total. The summed E-state index contributed by atoms with van der Waals surface area (Å²) in [7, 11) is 0. The number of aromatic nitrogens is 1. The van der Waals surface area contributed by atoms with Gasteiger partial charge in [0.2, 0.25) is 0 Å². The molecule has 0 radical (unpaired) electrons. The molecule has 66 heavy (non-hydrogen) atoms. The van der Waals surface area contributed by atoms with Crippen molar-refractivity contribution in [3.8, 4) is 16.8 Å². The van der Waals surface area contributed by atoms with Gasteiger partial charge in [0, 0.05) is 51.3 Å². The fourth-order valence-electron chi connectivity index (χ4n) is 10.9. The Morgan fingerprint density at radius 3 is 1.92 bits per heavy atom. The average Bonchev–Trinajstić information content (AvgIpc) is 3.72. The first-order valence-electron chi connectivity index (χ1n) is 24.1. The van der Waals surface area contributed by atoms with Crippen LogP contribution in [0.3, 0.4) is 0 Å². The number of rotatable bonds is 7. The highest BCUT2D eigenvalue weighted by Crippen LogP contribution is 2.47. The second-order valence-electron chi connectivity index (χ2n) is 18.0. The van der Waals surface area contributed by atoms with Crippen molar-refractivity contribution in [2.24, 2.45) is 5.92 Å². The number of hydrogen-bond acceptors (Lipinski definition) is 2. The number of hydrogen-bond donors (Lipinski definition) is 0. The van der Waals surface area contributed by atoms with Gasteiger partial charge in [-0.1, -0.05) is 191 Å². The van der Waals surface area contributed by atoms with Crippen molar-refractivity contribution in [3.63, 3.8) is 0 Å². The quantitative estimate of drug-likeness (QED) is 0.158. The van der Waals surface area contributed by atoms with E-state index in [-0.39, 0.29) is 17.9 Å². The minimum atomic E-state index is 0.153. The van der Waals surface area contributed by atoms with Gasteiger partial charge in [-0.05, 0) is 108 Å². The van der Waals surface area contributed by atoms with Crippen LogP contribution in [0.2, 0.25) is 0 Å². The van der Waals surface area contributed by atoms with E-state index >= 15 is 0 Å². The molecule has 324 valence electrons. The Balaban J connectivity index is 0.00000238. The van der Waals surface area contributed by atoms with E-state index < -0.39 is 0 Å². The lowest BCUT2D eigenvalue weighted by Gasteiger charge is -2.41. The van der Waals surface area contributed by atoms with E-state index in [4.69, 9.17) is 0 Å². The topological polar surface area (TPSA) is 11.4 Å². The SMILES string of the molecule is CC.CC1C=C(N2c3ccccc3-n3c4ccc(C5C=CC(N(C6=CCC(c7ccccc7)C=C6)c6ccc(-c7ccccc7)cc6)=CC5)cc4c4cccc(c43)C3C=CC=CC32)C=CC1. The van der Waals surface area contributed by atoms with Crippen LogP contribution in [0.1, 0.15) is 74.5 Å². The van der Waals surface area contributed by atoms with Crippen LogP contribution in [0, 0.1) is 5.92 Å². The molecule has 12 rings (SSSR count). The summed E-state index contributed by atoms with van der Waals surface area (Å²) in [5, 5.41) is 2.62. The average molecular weight is 856 g/mol. The maximum absolute atomic E-state index is 2.60. The van der Waals surface area contributed by atoms with Crippen LogP contribution < -0.4 is 9.80 Å². The van der Waals surface area contributed by atoms with Crippen molar-refractivity contribution in [1.82, 2.24) is 4.57 Å². The van der Waals surface area contributed by atoms with Gasteiger partial charge in [-0.25, -0.2) is 0 Å². The highest BCUT2D eigenvalue weighted by Gasteiger charge is 2.35. The molecule has 0 spiro atoms. The van der Waals surface area contributed by atoms with E-state index in [2.05, 4.69) is 246 Å². The predicted molar refractivity (Wildman–Crippen MR) is 280 cm³/mol. The molecule has 1 aromatic heterocycles. The standard InChI is InChI=1S/C61H51N3.C2H6/c1-42-14-12-19-52(40-42)63-57-23-9-8-20-53(57)54-21-13-22-55-56-41-48(32-39-58(56)64(61(54)55)60-25-11-10-24-59(60)63)47-30-37-51(38-31-47)62(49-33-26-45(27-34-49)43-15-4-2-5-16-43)50-35-28-46(29-36-50)44-17-6-3-7-18-44;1-2/h2-13,15-28,30,32-42,46-47,53,57H,14,29,31H2,1H3;1-2H3. The van der Waals surface area contributed by atoms with Crippen LogP contribution in [-0.2, 0) is 0 Å². The van der Waals surface area contributed by atoms with E-state index in [0.29, 0.717) is 11.8 Å². The van der Waals surface area contributed by atoms with Crippen LogP contribution in [0.15, 0.2) is 242 Å². The highest BCUT2D eigenvalue weighted by molar-refractivity contribution is 6.11. The minimum Gasteiger partial charge on any atom is -0.332 e. The van der Waals surface area contributed by atoms with Gasteiger partial charge in [-0.2, -0.15) is 0 Å². The van der Waals surface area contributed by atoms with E-state index in [1.54, 1.807) is 0 Å². The summed E-state index contributed by atoms with van der Waals surface area (Å²) < 4.78 is 2.56. The van der Waals surface area contributed by atoms with E-state index in [1.165, 1.54) is 83.8 Å². The Kier molecular flexibility index (Phi) is 11.2. The third kappa shape index (κ3) is 7.43. The highest BCUT2D eigenvalue weighted by atomic mass is 15.2. The van der Waals surface area contributed by atoms with Crippen LogP contribution in [0.4, 0.5) is 11.4 Å². The molecule has 2 heterocycles. The van der Waals surface area contributed by atoms with Gasteiger partial charge in [0.1, 0.15) is 0 Å². The van der Waals surface area contributed by atoms with E-state index in [1.807, 2.05) is 13.8 Å². The molecule has 0 amide bonds. The van der Waals surface area contributed by atoms with Crippen LogP contribution >= 0.6 is 0 Å². The zero-order valence-corrected chi connectivity index (χ0v) is 38.2. The largest absolute Gasteiger partial charge is 0.332 e. The summed E-state index contributed by atoms with van der Waals surface area (Å²) in [5.41, 5.74) is 16.4. The Labute approximate surface area is 390 Å². The second-order valence-corrected chi connectivity index (χ2v) is 18.0. The number of benzene rings is 6. The molecule has 0 fully saturated rings. The molecule has 5 atom stereocenters. The first kappa shape index (κ1) is 41.4. The minimum absolute atomic E-state index is 0.153. The van der Waals surface area contributed by atoms with Crippen molar-refractivity contribution >= 4 is 33.2 Å². The predicted octanol–water partition coefficient (Wildman–Crippen LogP) is 16.4. The van der Waals surface area contributed by atoms with Crippen molar-refractivity contribution in [2.75, 3.05) is 9.80 Å². The molecule has 3 nitrogen and oxygen atoms in total. The van der Waals surface area contributed by atoms with Gasteiger partial charge < -0.3 is 14.4 Å². The maximum Gasteiger partial charge on any atom is 0.0699 e. The molecule has 0 saturated heterocycles. The summed E-state index contributed by atoms with van der Waals surface area (Å²) in [6.07, 6.45) is 33.8. The molecule has 3 heteroatoms. The number of para-hydroxylation sites is 3. The lowest BCUT2D eigenvalue weighted by atomic mass is 9.84. The molecular weight excluding hydrogens is 799 g/mol. The lowest BCUT2D eigenvalue weighted by molar-refractivity contribution is 0.653. The van der Waals surface area contributed by atoms with Crippen LogP contribution in [0.25, 0.3) is 38.6 Å². The first-order chi connectivity index (χ1) is 32.7. The smallest absolute Gasteiger partial charge is 0.0699 e. The normalized spacial score (nSPS) is 21.5. The van der Waals surface area contributed by atoms with Crippen LogP contribution in [-0.4, -0.2) is 10.6 Å². The summed E-state index contributed by atoms with van der Waals surface area (Å²) >= 11 is 0. The van der Waals surface area contributed by atoms with Crippen LogP contribution in [0.5, 0.6) is 0 Å². The Bertz CT molecular complexity index is 3170. The molecule has 7 aromatic rings. The molecule has 5 unspecified atom stereocenters. The fraction of sp³-hybridized carbons (Fsp3) is 0.175. The monoisotopic (exact) mass is 855 g/mol. The Hall–Kier alpha value is -7.36. The van der Waals surface area contributed by atoms with Gasteiger partial charge in [0.15, 0.2) is 0 Å². The second kappa shape index (κ2) is 17.9. The molecule has 6 aromatic carbocycles. The zero-order chi connectivity index (χ0) is 44.6. The summed E-state index contributed by atoms with van der Waals surface area (Å²) in [4.78, 5) is 5.05. The number of anilines is 2. The van der Waals surface area contributed by atoms with Crippen molar-refractivity contribution in [2.45, 2.75) is 63.8 Å². The van der Waals surface area contributed by atoms with Gasteiger partial charge >= 0.3 is 0 Å². The Morgan fingerprint density at radius 2 is 1.21 bits per heavy atom. The van der Waals surface area contributed by atoms with E-state index in [0.717, 1.165) is 19.3 Å². The number of allylic oxidation sites excluding steroid dienone is 11. The van der Waals surface area contributed by atoms with Gasteiger partial charge in [0.25, 0.3) is 0 Å². The number of fused-ring (bicyclic) bond motifs is 7. The molecular formula is C63H57N3. The molecule has 4 aliphatic carbocycles. The van der Waals surface area contributed by atoms with Crippen molar-refractivity contribution in [1.29, 1.82) is 0 Å². The fourth-order valence-corrected chi connectivity index (χ4v) is 10.9. The van der Waals surface area contributed by atoms with Gasteiger partial charge in [-0.15, -0.1) is 0 Å². The molecule has 5 aliphatic rings. The van der Waals surface area contributed by atoms with Gasteiger partial charge in [-0.3, -0.25) is 0 Å². The third-order valence-corrected chi connectivity index (χ3v) is 14.1. The summed E-state index contributed by atoms with van der Waals surface area (Å²) in [5.74, 6) is 1.32. The Morgan fingerprint density at radius 1 is 0.545 bits per heavy atom. The molecule has 0 bridgehead atoms. The van der Waals surface area contributed by atoms with E-state index in [9.17, 15) is 0 Å². The summed E-state index contributed by atoms with van der Waals surface area (Å²) in [6.45, 7) is 6.33.